The van der Waals surface area contributed by atoms with Crippen molar-refractivity contribution >= 4 is 39.7 Å². The van der Waals surface area contributed by atoms with E-state index in [-0.39, 0.29) is 36.2 Å². The number of aromatic nitrogens is 2. The highest BCUT2D eigenvalue weighted by Crippen LogP contribution is 2.31. The van der Waals surface area contributed by atoms with Gasteiger partial charge in [0.15, 0.2) is 5.82 Å². The zero-order valence-corrected chi connectivity index (χ0v) is 29.6. The number of amides is 2. The Bertz CT molecular complexity index is 1790. The van der Waals surface area contributed by atoms with Crippen molar-refractivity contribution in [1.82, 2.24) is 14.5 Å². The first-order valence-electron chi connectivity index (χ1n) is 16.4. The van der Waals surface area contributed by atoms with Crippen LogP contribution in [0.5, 0.6) is 5.75 Å². The number of unbranched alkanes of at least 4 members (excludes halogenated alkanes) is 3. The lowest BCUT2D eigenvalue weighted by molar-refractivity contribution is -0.152. The van der Waals surface area contributed by atoms with Crippen molar-refractivity contribution in [2.45, 2.75) is 87.8 Å². The molecule has 0 aliphatic carbocycles. The number of hydrogen-bond donors (Lipinski definition) is 2. The second kappa shape index (κ2) is 16.3. The smallest absolute Gasteiger partial charge is 0.328 e. The number of rotatable bonds is 15. The summed E-state index contributed by atoms with van der Waals surface area (Å²) in [5.74, 6) is -1.58. The highest BCUT2D eigenvalue weighted by Gasteiger charge is 2.44. The number of likely N-dealkylation sites (tertiary alicyclic amines) is 1. The summed E-state index contributed by atoms with van der Waals surface area (Å²) in [4.78, 5) is 57.6. The van der Waals surface area contributed by atoms with Gasteiger partial charge >= 0.3 is 11.9 Å². The number of anilines is 1. The molecule has 0 saturated carbocycles. The summed E-state index contributed by atoms with van der Waals surface area (Å²) in [6.45, 7) is 5.69. The molecular weight excluding hydrogens is 668 g/mol. The van der Waals surface area contributed by atoms with E-state index < -0.39 is 50.5 Å². The maximum absolute atomic E-state index is 14.3. The average Bonchev–Trinajstić information content (AvgIpc) is 3.74. The largest absolute Gasteiger partial charge is 0.488 e. The molecule has 270 valence electrons. The van der Waals surface area contributed by atoms with Gasteiger partial charge in [-0.2, -0.15) is 8.42 Å². The van der Waals surface area contributed by atoms with Crippen LogP contribution >= 0.6 is 0 Å². The molecule has 1 aliphatic rings. The van der Waals surface area contributed by atoms with E-state index in [1.54, 1.807) is 42.7 Å². The molecule has 2 N–H and O–H groups in total. The predicted octanol–water partition coefficient (Wildman–Crippen LogP) is 4.57. The van der Waals surface area contributed by atoms with Crippen molar-refractivity contribution < 1.29 is 46.4 Å². The second-order valence-electron chi connectivity index (χ2n) is 12.6. The van der Waals surface area contributed by atoms with E-state index in [1.165, 1.54) is 49.8 Å². The average molecular weight is 713 g/mol. The summed E-state index contributed by atoms with van der Waals surface area (Å²) in [5, 5.41) is 2.53. The van der Waals surface area contributed by atoms with Gasteiger partial charge in [0.2, 0.25) is 5.91 Å². The quantitative estimate of drug-likeness (QED) is 0.128. The SMILES string of the molecule is CCCCCC[C@H](C(=O)N1C[C@@H](Oc2ccc(C(C)(C)C(=O)OC)cc2)C[C@H]1C(=O)OC)n1cnc(NC(=O)c2ccccc2S(=O)(=O)O)c1. The number of esters is 2. The molecule has 0 spiro atoms. The van der Waals surface area contributed by atoms with Crippen LogP contribution in [0.3, 0.4) is 0 Å². The number of ether oxygens (including phenoxy) is 3. The molecule has 3 aromatic rings. The molecule has 0 radical (unpaired) electrons. The fourth-order valence-electron chi connectivity index (χ4n) is 5.99. The molecule has 15 heteroatoms. The van der Waals surface area contributed by atoms with Gasteiger partial charge in [-0.15, -0.1) is 0 Å². The Balaban J connectivity index is 1.55. The van der Waals surface area contributed by atoms with Crippen LogP contribution in [0.2, 0.25) is 0 Å². The Kier molecular flexibility index (Phi) is 12.4. The number of imidazole rings is 1. The lowest BCUT2D eigenvalue weighted by atomic mass is 9.85. The highest BCUT2D eigenvalue weighted by atomic mass is 32.2. The van der Waals surface area contributed by atoms with Crippen molar-refractivity contribution in [2.75, 3.05) is 26.1 Å². The van der Waals surface area contributed by atoms with Gasteiger partial charge in [0.1, 0.15) is 28.8 Å². The van der Waals surface area contributed by atoms with Gasteiger partial charge in [0, 0.05) is 12.6 Å². The van der Waals surface area contributed by atoms with Gasteiger partial charge in [-0.1, -0.05) is 56.9 Å². The Morgan fingerprint density at radius 3 is 2.36 bits per heavy atom. The van der Waals surface area contributed by atoms with Crippen LogP contribution < -0.4 is 10.1 Å². The van der Waals surface area contributed by atoms with Crippen molar-refractivity contribution in [2.24, 2.45) is 0 Å². The van der Waals surface area contributed by atoms with Crippen LogP contribution in [0.25, 0.3) is 0 Å². The minimum Gasteiger partial charge on any atom is -0.488 e. The first kappa shape index (κ1) is 38.0. The number of nitrogens with zero attached hydrogens (tertiary/aromatic N) is 3. The topological polar surface area (TPSA) is 183 Å². The number of carbonyl (C=O) groups is 4. The van der Waals surface area contributed by atoms with Gasteiger partial charge in [-0.3, -0.25) is 18.9 Å². The van der Waals surface area contributed by atoms with Crippen LogP contribution in [-0.4, -0.2) is 84.1 Å². The van der Waals surface area contributed by atoms with Gasteiger partial charge in [0.05, 0.1) is 38.1 Å². The summed E-state index contributed by atoms with van der Waals surface area (Å²) >= 11 is 0. The first-order valence-corrected chi connectivity index (χ1v) is 17.8. The maximum Gasteiger partial charge on any atom is 0.328 e. The van der Waals surface area contributed by atoms with E-state index in [4.69, 9.17) is 14.2 Å². The molecule has 1 saturated heterocycles. The summed E-state index contributed by atoms with van der Waals surface area (Å²) in [6.07, 6.45) is 6.46. The number of benzene rings is 2. The van der Waals surface area contributed by atoms with Gasteiger partial charge < -0.3 is 29.0 Å². The zero-order chi connectivity index (χ0) is 36.6. The third-order valence-electron chi connectivity index (χ3n) is 8.82. The Morgan fingerprint density at radius 1 is 1.02 bits per heavy atom. The van der Waals surface area contributed by atoms with Crippen molar-refractivity contribution in [1.29, 1.82) is 0 Å². The number of carbonyl (C=O) groups excluding carboxylic acids is 4. The van der Waals surface area contributed by atoms with E-state index in [0.29, 0.717) is 18.6 Å². The number of nitrogens with one attached hydrogen (secondary N) is 1. The number of methoxy groups -OCH3 is 2. The lowest BCUT2D eigenvalue weighted by Crippen LogP contribution is -2.44. The van der Waals surface area contributed by atoms with Crippen LogP contribution in [-0.2, 0) is 39.4 Å². The molecular formula is C35H44N4O10S. The van der Waals surface area contributed by atoms with Gasteiger partial charge in [-0.25, -0.2) is 9.78 Å². The molecule has 1 aromatic heterocycles. The molecule has 1 aliphatic heterocycles. The molecule has 2 aromatic carbocycles. The third-order valence-corrected chi connectivity index (χ3v) is 9.73. The van der Waals surface area contributed by atoms with E-state index >= 15 is 0 Å². The van der Waals surface area contributed by atoms with Crippen LogP contribution in [0.4, 0.5) is 5.82 Å². The van der Waals surface area contributed by atoms with E-state index in [9.17, 15) is 32.1 Å². The summed E-state index contributed by atoms with van der Waals surface area (Å²) < 4.78 is 50.9. The van der Waals surface area contributed by atoms with Gasteiger partial charge in [-0.05, 0) is 50.1 Å². The standard InChI is InChI=1S/C35H44N4O10S/c1-6-7-8-9-13-27(38-21-30(36-22-38)37-31(40)26-12-10-11-14-29(26)50(44,45)46)32(41)39-20-25(19-28(39)33(42)47-4)49-24-17-15-23(16-18-24)35(2,3)34(43)48-5/h10-12,14-18,21-22,25,27-28H,6-9,13,19-20H2,1-5H3,(H,37,40)(H,44,45,46)/t25-,27+,28-/m0/s1. The minimum atomic E-state index is -4.67. The first-order chi connectivity index (χ1) is 23.7. The lowest BCUT2D eigenvalue weighted by Gasteiger charge is -2.28. The molecule has 1 fully saturated rings. The Labute approximate surface area is 291 Å². The van der Waals surface area contributed by atoms with Crippen molar-refractivity contribution in [3.8, 4) is 5.75 Å². The molecule has 0 bridgehead atoms. The molecule has 50 heavy (non-hydrogen) atoms. The van der Waals surface area contributed by atoms with Crippen LogP contribution in [0, 0.1) is 0 Å². The highest BCUT2D eigenvalue weighted by molar-refractivity contribution is 7.86. The molecule has 2 amide bonds. The van der Waals surface area contributed by atoms with E-state index in [0.717, 1.165) is 30.9 Å². The fourth-order valence-corrected chi connectivity index (χ4v) is 6.68. The molecule has 3 atom stereocenters. The maximum atomic E-state index is 14.3. The third kappa shape index (κ3) is 8.87. The summed E-state index contributed by atoms with van der Waals surface area (Å²) in [7, 11) is -2.07. The summed E-state index contributed by atoms with van der Waals surface area (Å²) in [6, 6.07) is 10.5. The molecule has 2 heterocycles. The fraction of sp³-hybridized carbons (Fsp3) is 0.457. The minimum absolute atomic E-state index is 0.0532. The monoisotopic (exact) mass is 712 g/mol. The second-order valence-corrected chi connectivity index (χ2v) is 14.0. The molecule has 14 nitrogen and oxygen atoms in total. The predicted molar refractivity (Wildman–Crippen MR) is 182 cm³/mol. The molecule has 4 rings (SSSR count). The summed E-state index contributed by atoms with van der Waals surface area (Å²) in [5.41, 5.74) is -0.411. The number of hydrogen-bond acceptors (Lipinski definition) is 10. The Hall–Kier alpha value is -4.76. The van der Waals surface area contributed by atoms with E-state index in [2.05, 4.69) is 17.2 Å². The molecule has 0 unspecified atom stereocenters. The van der Waals surface area contributed by atoms with E-state index in [1.807, 2.05) is 0 Å². The van der Waals surface area contributed by atoms with Crippen LogP contribution in [0.1, 0.15) is 81.3 Å². The normalized spacial score (nSPS) is 16.8. The van der Waals surface area contributed by atoms with Crippen LogP contribution in [0.15, 0.2) is 66.0 Å². The Morgan fingerprint density at radius 2 is 1.72 bits per heavy atom. The van der Waals surface area contributed by atoms with Crippen molar-refractivity contribution in [3.63, 3.8) is 0 Å². The van der Waals surface area contributed by atoms with Gasteiger partial charge in [0.25, 0.3) is 16.0 Å². The van der Waals surface area contributed by atoms with Crippen molar-refractivity contribution in [3.05, 3.63) is 72.2 Å². The zero-order valence-electron chi connectivity index (χ0n) is 28.8.